The summed E-state index contributed by atoms with van der Waals surface area (Å²) in [6.07, 6.45) is 7.66. The van der Waals surface area contributed by atoms with Gasteiger partial charge in [0, 0.05) is 19.6 Å². The van der Waals surface area contributed by atoms with Gasteiger partial charge in [0.05, 0.1) is 17.9 Å². The van der Waals surface area contributed by atoms with Crippen LogP contribution in [-0.4, -0.2) is 56.0 Å². The first kappa shape index (κ1) is 15.9. The SMILES string of the molecule is O=C(CCN1CCS(=O)(=O)CC1)OC12CC3CC(CC(C3)C1)C2. The average Bonchev–Trinajstić information content (AvgIpc) is 2.44. The number of sulfone groups is 1. The van der Waals surface area contributed by atoms with Crippen LogP contribution in [0.3, 0.4) is 0 Å². The molecule has 1 aliphatic heterocycles. The molecule has 0 aromatic heterocycles. The standard InChI is InChI=1S/C17H27NO4S/c19-16(1-2-18-3-5-23(20,21)6-4-18)22-17-10-13-7-14(11-17)9-15(8-13)12-17/h13-15H,1-12H2. The van der Waals surface area contributed by atoms with Gasteiger partial charge in [0.2, 0.25) is 0 Å². The zero-order valence-electron chi connectivity index (χ0n) is 13.7. The first-order valence-electron chi connectivity index (χ1n) is 9.06. The fraction of sp³-hybridized carbons (Fsp3) is 0.941. The third-order valence-electron chi connectivity index (χ3n) is 6.38. The third-order valence-corrected chi connectivity index (χ3v) is 7.99. The van der Waals surface area contributed by atoms with E-state index in [9.17, 15) is 13.2 Å². The van der Waals surface area contributed by atoms with Crippen LogP contribution in [0.15, 0.2) is 0 Å². The van der Waals surface area contributed by atoms with Crippen molar-refractivity contribution in [3.05, 3.63) is 0 Å². The Labute approximate surface area is 138 Å². The predicted molar refractivity (Wildman–Crippen MR) is 86.7 cm³/mol. The Balaban J connectivity index is 1.28. The monoisotopic (exact) mass is 341 g/mol. The number of hydrogen-bond donors (Lipinski definition) is 0. The lowest BCUT2D eigenvalue weighted by Gasteiger charge is -2.55. The predicted octanol–water partition coefficient (Wildman–Crippen LogP) is 1.62. The number of hydrogen-bond acceptors (Lipinski definition) is 5. The van der Waals surface area contributed by atoms with E-state index >= 15 is 0 Å². The number of carbonyl (C=O) groups excluding carboxylic acids is 1. The lowest BCUT2D eigenvalue weighted by molar-refractivity contribution is -0.186. The molecule has 4 saturated carbocycles. The Morgan fingerprint density at radius 3 is 2.04 bits per heavy atom. The van der Waals surface area contributed by atoms with E-state index in [0.29, 0.717) is 26.1 Å². The summed E-state index contributed by atoms with van der Waals surface area (Å²) in [5.74, 6) is 2.69. The van der Waals surface area contributed by atoms with Crippen LogP contribution in [-0.2, 0) is 19.4 Å². The fourth-order valence-corrected chi connectivity index (χ4v) is 6.95. The molecule has 23 heavy (non-hydrogen) atoms. The highest BCUT2D eigenvalue weighted by atomic mass is 32.2. The van der Waals surface area contributed by atoms with Gasteiger partial charge in [-0.15, -0.1) is 0 Å². The van der Waals surface area contributed by atoms with E-state index in [0.717, 1.165) is 37.0 Å². The molecule has 0 amide bonds. The average molecular weight is 341 g/mol. The Morgan fingerprint density at radius 1 is 1.00 bits per heavy atom. The molecule has 1 saturated heterocycles. The van der Waals surface area contributed by atoms with Gasteiger partial charge in [0.1, 0.15) is 5.60 Å². The van der Waals surface area contributed by atoms with E-state index in [-0.39, 0.29) is 23.1 Å². The van der Waals surface area contributed by atoms with Crippen molar-refractivity contribution in [1.29, 1.82) is 0 Å². The number of nitrogens with zero attached hydrogens (tertiary/aromatic N) is 1. The highest BCUT2D eigenvalue weighted by Gasteiger charge is 2.53. The van der Waals surface area contributed by atoms with Crippen molar-refractivity contribution in [3.63, 3.8) is 0 Å². The molecule has 0 unspecified atom stereocenters. The molecule has 4 aliphatic carbocycles. The molecule has 1 heterocycles. The van der Waals surface area contributed by atoms with Crippen LogP contribution in [0.5, 0.6) is 0 Å². The molecule has 0 spiro atoms. The second-order valence-corrected chi connectivity index (χ2v) is 10.6. The van der Waals surface area contributed by atoms with Gasteiger partial charge in [0.25, 0.3) is 0 Å². The quantitative estimate of drug-likeness (QED) is 0.727. The summed E-state index contributed by atoms with van der Waals surface area (Å²) in [6.45, 7) is 1.72. The van der Waals surface area contributed by atoms with Crippen LogP contribution in [0, 0.1) is 17.8 Å². The summed E-state index contributed by atoms with van der Waals surface area (Å²) in [5.41, 5.74) is -0.156. The minimum absolute atomic E-state index is 0.0830. The van der Waals surface area contributed by atoms with Gasteiger partial charge >= 0.3 is 5.97 Å². The van der Waals surface area contributed by atoms with Crippen LogP contribution in [0.1, 0.15) is 44.9 Å². The van der Waals surface area contributed by atoms with Gasteiger partial charge in [-0.1, -0.05) is 0 Å². The van der Waals surface area contributed by atoms with Crippen molar-refractivity contribution in [2.45, 2.75) is 50.5 Å². The maximum atomic E-state index is 12.3. The third kappa shape index (κ3) is 3.43. The van der Waals surface area contributed by atoms with Crippen molar-refractivity contribution in [2.75, 3.05) is 31.1 Å². The number of ether oxygens (including phenoxy) is 1. The number of carbonyl (C=O) groups is 1. The largest absolute Gasteiger partial charge is 0.459 e. The summed E-state index contributed by atoms with van der Waals surface area (Å²) >= 11 is 0. The molecule has 0 aromatic carbocycles. The molecular weight excluding hydrogens is 314 g/mol. The van der Waals surface area contributed by atoms with Gasteiger partial charge in [-0.25, -0.2) is 8.42 Å². The van der Waals surface area contributed by atoms with Crippen molar-refractivity contribution in [2.24, 2.45) is 17.8 Å². The van der Waals surface area contributed by atoms with Crippen LogP contribution in [0.4, 0.5) is 0 Å². The Morgan fingerprint density at radius 2 is 1.52 bits per heavy atom. The molecule has 5 rings (SSSR count). The lowest BCUT2D eigenvalue weighted by Crippen LogP contribution is -2.53. The number of rotatable bonds is 4. The molecule has 5 fully saturated rings. The lowest BCUT2D eigenvalue weighted by atomic mass is 9.54. The van der Waals surface area contributed by atoms with Crippen molar-refractivity contribution in [3.8, 4) is 0 Å². The van der Waals surface area contributed by atoms with E-state index in [1.54, 1.807) is 0 Å². The van der Waals surface area contributed by atoms with Crippen molar-refractivity contribution < 1.29 is 17.9 Å². The highest BCUT2D eigenvalue weighted by Crippen LogP contribution is 2.57. The van der Waals surface area contributed by atoms with Gasteiger partial charge in [-0.3, -0.25) is 4.79 Å². The zero-order chi connectivity index (χ0) is 16.1. The molecule has 0 radical (unpaired) electrons. The van der Waals surface area contributed by atoms with E-state index in [4.69, 9.17) is 4.74 Å². The maximum absolute atomic E-state index is 12.3. The van der Waals surface area contributed by atoms with E-state index in [2.05, 4.69) is 4.90 Å². The normalized spacial score (nSPS) is 41.8. The molecule has 0 N–H and O–H groups in total. The molecule has 0 atom stereocenters. The molecule has 6 heteroatoms. The topological polar surface area (TPSA) is 63.7 Å². The van der Waals surface area contributed by atoms with Gasteiger partial charge in [-0.05, 0) is 56.3 Å². The summed E-state index contributed by atoms with van der Waals surface area (Å²) in [5, 5.41) is 0. The van der Waals surface area contributed by atoms with Crippen molar-refractivity contribution >= 4 is 15.8 Å². The van der Waals surface area contributed by atoms with Gasteiger partial charge < -0.3 is 9.64 Å². The van der Waals surface area contributed by atoms with Crippen LogP contribution in [0.2, 0.25) is 0 Å². The second kappa shape index (κ2) is 5.73. The molecule has 130 valence electrons. The van der Waals surface area contributed by atoms with Crippen LogP contribution < -0.4 is 0 Å². The Bertz CT molecular complexity index is 536. The van der Waals surface area contributed by atoms with Gasteiger partial charge in [0.15, 0.2) is 9.84 Å². The smallest absolute Gasteiger partial charge is 0.307 e. The minimum Gasteiger partial charge on any atom is -0.459 e. The van der Waals surface area contributed by atoms with E-state index in [1.807, 2.05) is 0 Å². The maximum Gasteiger partial charge on any atom is 0.307 e. The molecule has 4 bridgehead atoms. The van der Waals surface area contributed by atoms with Crippen LogP contribution >= 0.6 is 0 Å². The highest BCUT2D eigenvalue weighted by molar-refractivity contribution is 7.91. The summed E-state index contributed by atoms with van der Waals surface area (Å²) in [6, 6.07) is 0. The summed E-state index contributed by atoms with van der Waals surface area (Å²) in [4.78, 5) is 14.4. The zero-order valence-corrected chi connectivity index (χ0v) is 14.5. The number of esters is 1. The molecular formula is C17H27NO4S. The second-order valence-electron chi connectivity index (χ2n) is 8.32. The van der Waals surface area contributed by atoms with E-state index < -0.39 is 9.84 Å². The van der Waals surface area contributed by atoms with E-state index in [1.165, 1.54) is 19.3 Å². The Kier molecular flexibility index (Phi) is 3.95. The first-order chi connectivity index (χ1) is 10.9. The van der Waals surface area contributed by atoms with Crippen molar-refractivity contribution in [1.82, 2.24) is 4.90 Å². The van der Waals surface area contributed by atoms with Crippen LogP contribution in [0.25, 0.3) is 0 Å². The molecule has 5 nitrogen and oxygen atoms in total. The summed E-state index contributed by atoms with van der Waals surface area (Å²) in [7, 11) is -2.85. The fourth-order valence-electron chi connectivity index (χ4n) is 5.67. The summed E-state index contributed by atoms with van der Waals surface area (Å²) < 4.78 is 28.9. The van der Waals surface area contributed by atoms with Gasteiger partial charge in [-0.2, -0.15) is 0 Å². The molecule has 5 aliphatic rings. The molecule has 0 aromatic rings. The Hall–Kier alpha value is -0.620. The minimum atomic E-state index is -2.85. The first-order valence-corrected chi connectivity index (χ1v) is 10.9.